The lowest BCUT2D eigenvalue weighted by molar-refractivity contribution is -0.119. The van der Waals surface area contributed by atoms with Crippen molar-refractivity contribution < 1.29 is 24.5 Å². The second kappa shape index (κ2) is 7.73. The summed E-state index contributed by atoms with van der Waals surface area (Å²) in [6, 6.07) is 12.1. The van der Waals surface area contributed by atoms with E-state index in [9.17, 15) is 19.8 Å². The zero-order valence-corrected chi connectivity index (χ0v) is 15.2. The lowest BCUT2D eigenvalue weighted by Gasteiger charge is -2.11. The van der Waals surface area contributed by atoms with Gasteiger partial charge in [-0.15, -0.1) is 0 Å². The van der Waals surface area contributed by atoms with Gasteiger partial charge in [0.1, 0.15) is 17.1 Å². The molecule has 0 saturated heterocycles. The van der Waals surface area contributed by atoms with E-state index in [1.54, 1.807) is 30.3 Å². The van der Waals surface area contributed by atoms with Crippen LogP contribution in [0, 0.1) is 0 Å². The Balaban J connectivity index is 1.71. The molecule has 3 aromatic carbocycles. The van der Waals surface area contributed by atoms with Crippen molar-refractivity contribution in [2.45, 2.75) is 0 Å². The van der Waals surface area contributed by atoms with Crippen molar-refractivity contribution in [3.8, 4) is 11.5 Å². The van der Waals surface area contributed by atoms with Gasteiger partial charge in [-0.1, -0.05) is 47.5 Å². The summed E-state index contributed by atoms with van der Waals surface area (Å²) in [6.07, 6.45) is 0. The molecule has 0 atom stereocenters. The number of esters is 1. The highest BCUT2D eigenvalue weighted by Crippen LogP contribution is 2.35. The first-order chi connectivity index (χ1) is 12.9. The van der Waals surface area contributed by atoms with Crippen molar-refractivity contribution in [1.82, 2.24) is 0 Å². The van der Waals surface area contributed by atoms with Crippen LogP contribution in [-0.4, -0.2) is 28.7 Å². The summed E-state index contributed by atoms with van der Waals surface area (Å²) in [5.74, 6) is -2.11. The third-order valence-electron chi connectivity index (χ3n) is 3.75. The van der Waals surface area contributed by atoms with Crippen molar-refractivity contribution in [2.24, 2.45) is 0 Å². The number of hydrogen-bond acceptors (Lipinski definition) is 5. The maximum atomic E-state index is 12.2. The van der Waals surface area contributed by atoms with Gasteiger partial charge in [-0.2, -0.15) is 0 Å². The van der Waals surface area contributed by atoms with E-state index in [0.29, 0.717) is 21.5 Å². The average molecular weight is 406 g/mol. The first kappa shape index (κ1) is 18.8. The van der Waals surface area contributed by atoms with Gasteiger partial charge in [0.05, 0.1) is 10.7 Å². The molecule has 0 heterocycles. The molecule has 3 rings (SSSR count). The van der Waals surface area contributed by atoms with Crippen LogP contribution < -0.4 is 5.32 Å². The molecule has 0 aliphatic rings. The molecule has 1 amide bonds. The van der Waals surface area contributed by atoms with Gasteiger partial charge >= 0.3 is 5.97 Å². The van der Waals surface area contributed by atoms with Gasteiger partial charge in [0.2, 0.25) is 0 Å². The zero-order chi connectivity index (χ0) is 19.6. The fourth-order valence-electron chi connectivity index (χ4n) is 2.48. The lowest BCUT2D eigenvalue weighted by atomic mass is 10.0. The summed E-state index contributed by atoms with van der Waals surface area (Å²) in [4.78, 5) is 24.2. The number of rotatable bonds is 4. The highest BCUT2D eigenvalue weighted by Gasteiger charge is 2.19. The summed E-state index contributed by atoms with van der Waals surface area (Å²) in [5.41, 5.74) is 0.0665. The number of benzene rings is 3. The summed E-state index contributed by atoms with van der Waals surface area (Å²) < 4.78 is 4.92. The van der Waals surface area contributed by atoms with Crippen LogP contribution >= 0.6 is 23.2 Å². The normalized spacial score (nSPS) is 10.6. The summed E-state index contributed by atoms with van der Waals surface area (Å²) in [5, 5.41) is 24.1. The molecule has 8 heteroatoms. The smallest absolute Gasteiger partial charge is 0.342 e. The number of fused-ring (bicyclic) bond motifs is 1. The Labute approximate surface area is 163 Å². The van der Waals surface area contributed by atoms with Crippen molar-refractivity contribution in [3.05, 3.63) is 64.1 Å². The second-order valence-corrected chi connectivity index (χ2v) is 6.43. The molecule has 0 spiro atoms. The van der Waals surface area contributed by atoms with E-state index in [4.69, 9.17) is 27.9 Å². The van der Waals surface area contributed by atoms with Crippen molar-refractivity contribution in [1.29, 1.82) is 0 Å². The van der Waals surface area contributed by atoms with Gasteiger partial charge in [0.25, 0.3) is 5.91 Å². The topological polar surface area (TPSA) is 95.9 Å². The summed E-state index contributed by atoms with van der Waals surface area (Å²) in [6.45, 7) is -0.606. The van der Waals surface area contributed by atoms with Crippen LogP contribution in [0.15, 0.2) is 48.5 Å². The molecule has 0 aromatic heterocycles. The van der Waals surface area contributed by atoms with Crippen molar-refractivity contribution in [3.63, 3.8) is 0 Å². The first-order valence-electron chi connectivity index (χ1n) is 7.72. The van der Waals surface area contributed by atoms with Gasteiger partial charge in [-0.25, -0.2) is 4.79 Å². The van der Waals surface area contributed by atoms with Crippen LogP contribution in [0.4, 0.5) is 5.69 Å². The Morgan fingerprint density at radius 3 is 2.41 bits per heavy atom. The number of ether oxygens (including phenoxy) is 1. The van der Waals surface area contributed by atoms with E-state index >= 15 is 0 Å². The van der Waals surface area contributed by atoms with Crippen LogP contribution in [0.1, 0.15) is 10.4 Å². The quantitative estimate of drug-likeness (QED) is 0.442. The number of carbonyl (C=O) groups excluding carboxylic acids is 2. The molecule has 3 aromatic rings. The van der Waals surface area contributed by atoms with Crippen molar-refractivity contribution in [2.75, 3.05) is 11.9 Å². The number of carbonyl (C=O) groups is 2. The molecular formula is C19H13Cl2NO5. The fraction of sp³-hybridized carbons (Fsp3) is 0.0526. The van der Waals surface area contributed by atoms with Gasteiger partial charge < -0.3 is 20.3 Å². The fourth-order valence-corrected chi connectivity index (χ4v) is 2.94. The van der Waals surface area contributed by atoms with E-state index in [1.807, 2.05) is 0 Å². The highest BCUT2D eigenvalue weighted by molar-refractivity contribution is 6.36. The van der Waals surface area contributed by atoms with E-state index in [0.717, 1.165) is 6.07 Å². The van der Waals surface area contributed by atoms with Crippen molar-refractivity contribution >= 4 is 51.5 Å². The molecule has 0 unspecified atom stereocenters. The van der Waals surface area contributed by atoms with Gasteiger partial charge in [-0.3, -0.25) is 4.79 Å². The maximum absolute atomic E-state index is 12.2. The Morgan fingerprint density at radius 2 is 1.70 bits per heavy atom. The first-order valence-corrected chi connectivity index (χ1v) is 8.48. The standard InChI is InChI=1S/C19H13Cl2NO5/c20-10-5-6-15(14(21)7-10)22-17(24)9-27-19(26)13-8-16(23)11-3-1-2-4-12(11)18(13)25/h1-8,23,25H,9H2,(H,22,24). The van der Waals surface area contributed by atoms with Crippen LogP contribution in [0.25, 0.3) is 10.8 Å². The number of halogens is 2. The Morgan fingerprint density at radius 1 is 1.00 bits per heavy atom. The minimum Gasteiger partial charge on any atom is -0.507 e. The number of aromatic hydroxyl groups is 2. The number of anilines is 1. The molecule has 0 radical (unpaired) electrons. The average Bonchev–Trinajstić information content (AvgIpc) is 2.65. The Bertz CT molecular complexity index is 1050. The lowest BCUT2D eigenvalue weighted by Crippen LogP contribution is -2.21. The molecule has 3 N–H and O–H groups in total. The molecule has 0 fully saturated rings. The van der Waals surface area contributed by atoms with Gasteiger partial charge in [0, 0.05) is 15.8 Å². The van der Waals surface area contributed by atoms with Crippen LogP contribution in [0.3, 0.4) is 0 Å². The number of phenolic OH excluding ortho intramolecular Hbond substituents is 2. The van der Waals surface area contributed by atoms with E-state index in [1.165, 1.54) is 12.1 Å². The highest BCUT2D eigenvalue weighted by atomic mass is 35.5. The van der Waals surface area contributed by atoms with E-state index in [2.05, 4.69) is 5.32 Å². The molecule has 0 aliphatic heterocycles. The zero-order valence-electron chi connectivity index (χ0n) is 13.7. The van der Waals surface area contributed by atoms with E-state index in [-0.39, 0.29) is 22.1 Å². The Kier molecular flexibility index (Phi) is 5.39. The largest absolute Gasteiger partial charge is 0.507 e. The predicted molar refractivity (Wildman–Crippen MR) is 103 cm³/mol. The number of amides is 1. The third kappa shape index (κ3) is 4.07. The third-order valence-corrected chi connectivity index (χ3v) is 4.30. The SMILES string of the molecule is O=C(COC(=O)c1cc(O)c2ccccc2c1O)Nc1ccc(Cl)cc1Cl. The number of nitrogens with one attached hydrogen (secondary N) is 1. The molecule has 0 bridgehead atoms. The number of hydrogen-bond donors (Lipinski definition) is 3. The minimum atomic E-state index is -0.953. The van der Waals surface area contributed by atoms with Crippen LogP contribution in [0.2, 0.25) is 10.0 Å². The predicted octanol–water partition coefficient (Wildman–Crippen LogP) is 4.35. The van der Waals surface area contributed by atoms with Crippen LogP contribution in [-0.2, 0) is 9.53 Å². The maximum Gasteiger partial charge on any atom is 0.342 e. The second-order valence-electron chi connectivity index (χ2n) is 5.59. The monoisotopic (exact) mass is 405 g/mol. The minimum absolute atomic E-state index is 0.187. The molecule has 138 valence electrons. The molecule has 0 aliphatic carbocycles. The van der Waals surface area contributed by atoms with E-state index < -0.39 is 18.5 Å². The molecule has 6 nitrogen and oxygen atoms in total. The summed E-state index contributed by atoms with van der Waals surface area (Å²) in [7, 11) is 0. The van der Waals surface area contributed by atoms with Gasteiger partial charge in [0.15, 0.2) is 6.61 Å². The molecule has 0 saturated carbocycles. The molecule has 27 heavy (non-hydrogen) atoms. The van der Waals surface area contributed by atoms with Gasteiger partial charge in [-0.05, 0) is 24.3 Å². The molecular weight excluding hydrogens is 393 g/mol. The van der Waals surface area contributed by atoms with Crippen LogP contribution in [0.5, 0.6) is 11.5 Å². The summed E-state index contributed by atoms with van der Waals surface area (Å²) >= 11 is 11.7. The Hall–Kier alpha value is -2.96. The number of phenols is 2.